The van der Waals surface area contributed by atoms with Crippen molar-refractivity contribution in [1.82, 2.24) is 5.32 Å². The van der Waals surface area contributed by atoms with Crippen LogP contribution in [0.5, 0.6) is 0 Å². The average molecular weight is 674 g/mol. The molecule has 1 amide bonds. The fourth-order valence-electron chi connectivity index (χ4n) is 5.93. The van der Waals surface area contributed by atoms with Crippen LogP contribution in [0.4, 0.5) is 0 Å². The number of unbranched alkanes of at least 4 members (excludes halogenated alkanes) is 21. The lowest BCUT2D eigenvalue weighted by molar-refractivity contribution is -0.124. The molecule has 3 atom stereocenters. The van der Waals surface area contributed by atoms with Crippen molar-refractivity contribution in [2.75, 3.05) is 6.61 Å². The van der Waals surface area contributed by atoms with E-state index in [2.05, 4.69) is 67.8 Å². The second-order valence-electron chi connectivity index (χ2n) is 13.8. The molecular weight excluding hydrogens is 594 g/mol. The molecule has 0 aromatic carbocycles. The van der Waals surface area contributed by atoms with E-state index in [1.54, 1.807) is 0 Å². The first kappa shape index (κ1) is 46.3. The molecule has 0 aliphatic heterocycles. The predicted molar refractivity (Wildman–Crippen MR) is 208 cm³/mol. The van der Waals surface area contributed by atoms with Crippen LogP contribution < -0.4 is 5.32 Å². The molecule has 5 heteroatoms. The van der Waals surface area contributed by atoms with Crippen LogP contribution in [0.2, 0.25) is 0 Å². The van der Waals surface area contributed by atoms with Gasteiger partial charge in [0.25, 0.3) is 0 Å². The molecule has 0 aliphatic rings. The summed E-state index contributed by atoms with van der Waals surface area (Å²) in [5.74, 6) is -0.173. The molecule has 280 valence electrons. The number of carbonyl (C=O) groups excluding carboxylic acids is 1. The van der Waals surface area contributed by atoms with E-state index in [0.717, 1.165) is 51.4 Å². The molecule has 4 N–H and O–H groups in total. The van der Waals surface area contributed by atoms with E-state index in [9.17, 15) is 20.1 Å². The smallest absolute Gasteiger partial charge is 0.220 e. The minimum atomic E-state index is -1.17. The Morgan fingerprint density at radius 3 is 1.44 bits per heavy atom. The van der Waals surface area contributed by atoms with Crippen LogP contribution in [0, 0.1) is 0 Å². The summed E-state index contributed by atoms with van der Waals surface area (Å²) in [6.45, 7) is 4.11. The SMILES string of the molecule is CCCCC/C=C\C=C/CCCCCCCCC(=O)NC(CO)C(O)C(O)CCC/C=C/CC/C=C/CCCCCCCCCCCC. The van der Waals surface area contributed by atoms with Gasteiger partial charge in [-0.25, -0.2) is 0 Å². The van der Waals surface area contributed by atoms with Crippen molar-refractivity contribution in [1.29, 1.82) is 0 Å². The number of carbonyl (C=O) groups is 1. The Kier molecular flexibility index (Phi) is 36.8. The zero-order valence-corrected chi connectivity index (χ0v) is 31.6. The summed E-state index contributed by atoms with van der Waals surface area (Å²) in [7, 11) is 0. The van der Waals surface area contributed by atoms with Crippen molar-refractivity contribution in [2.24, 2.45) is 0 Å². The highest BCUT2D eigenvalue weighted by Crippen LogP contribution is 2.13. The Balaban J connectivity index is 3.76. The summed E-state index contributed by atoms with van der Waals surface area (Å²) >= 11 is 0. The van der Waals surface area contributed by atoms with E-state index in [4.69, 9.17) is 0 Å². The van der Waals surface area contributed by atoms with Crippen LogP contribution >= 0.6 is 0 Å². The molecule has 0 saturated carbocycles. The third-order valence-corrected chi connectivity index (χ3v) is 9.16. The highest BCUT2D eigenvalue weighted by molar-refractivity contribution is 5.76. The fraction of sp³-hybridized carbons (Fsp3) is 0.791. The number of aliphatic hydroxyl groups excluding tert-OH is 3. The Labute approximate surface area is 297 Å². The van der Waals surface area contributed by atoms with Crippen LogP contribution in [0.3, 0.4) is 0 Å². The molecule has 48 heavy (non-hydrogen) atoms. The largest absolute Gasteiger partial charge is 0.394 e. The van der Waals surface area contributed by atoms with E-state index in [0.29, 0.717) is 12.8 Å². The van der Waals surface area contributed by atoms with E-state index in [1.165, 1.54) is 116 Å². The minimum absolute atomic E-state index is 0.173. The van der Waals surface area contributed by atoms with Crippen molar-refractivity contribution in [3.8, 4) is 0 Å². The van der Waals surface area contributed by atoms with Crippen molar-refractivity contribution in [3.63, 3.8) is 0 Å². The van der Waals surface area contributed by atoms with Gasteiger partial charge in [-0.05, 0) is 77.0 Å². The molecule has 3 unspecified atom stereocenters. The zero-order chi connectivity index (χ0) is 35.2. The van der Waals surface area contributed by atoms with Gasteiger partial charge in [0.2, 0.25) is 5.91 Å². The van der Waals surface area contributed by atoms with Gasteiger partial charge in [-0.15, -0.1) is 0 Å². The van der Waals surface area contributed by atoms with Gasteiger partial charge in [0.1, 0.15) is 6.10 Å². The Morgan fingerprint density at radius 1 is 0.521 bits per heavy atom. The standard InChI is InChI=1S/C43H79NO4/c1-3-5-7-9-11-13-15-17-19-20-21-22-24-25-27-29-31-33-35-37-41(46)43(48)40(39-45)44-42(47)38-36-34-32-30-28-26-23-18-16-14-12-10-8-6-4-2/h12,14,16,18,22,24,29,31,40-41,43,45-46,48H,3-11,13,15,17,19-21,23,25-28,30,32-39H2,1-2H3,(H,44,47)/b14-12-,18-16-,24-22+,31-29+. The summed E-state index contributed by atoms with van der Waals surface area (Å²) in [6.07, 6.45) is 47.8. The van der Waals surface area contributed by atoms with Crippen molar-refractivity contribution in [3.05, 3.63) is 48.6 Å². The topological polar surface area (TPSA) is 89.8 Å². The maximum absolute atomic E-state index is 12.4. The van der Waals surface area contributed by atoms with Crippen molar-refractivity contribution < 1.29 is 20.1 Å². The van der Waals surface area contributed by atoms with Crippen molar-refractivity contribution >= 4 is 5.91 Å². The molecule has 5 nitrogen and oxygen atoms in total. The number of allylic oxidation sites excluding steroid dienone is 8. The van der Waals surface area contributed by atoms with Crippen molar-refractivity contribution in [2.45, 2.75) is 212 Å². The van der Waals surface area contributed by atoms with Crippen LogP contribution in [0.25, 0.3) is 0 Å². The second kappa shape index (κ2) is 38.1. The molecule has 0 saturated heterocycles. The van der Waals surface area contributed by atoms with E-state index < -0.39 is 18.2 Å². The summed E-state index contributed by atoms with van der Waals surface area (Å²) < 4.78 is 0. The molecular formula is C43H79NO4. The summed E-state index contributed by atoms with van der Waals surface area (Å²) in [6, 6.07) is -0.839. The number of aliphatic hydroxyl groups is 3. The van der Waals surface area contributed by atoms with E-state index in [1.807, 2.05) is 0 Å². The minimum Gasteiger partial charge on any atom is -0.394 e. The summed E-state index contributed by atoms with van der Waals surface area (Å²) in [5, 5.41) is 33.4. The normalized spacial score (nSPS) is 14.2. The maximum atomic E-state index is 12.4. The van der Waals surface area contributed by atoms with Gasteiger partial charge in [-0.1, -0.05) is 159 Å². The Bertz CT molecular complexity index is 790. The summed E-state index contributed by atoms with van der Waals surface area (Å²) in [5.41, 5.74) is 0. The number of amides is 1. The monoisotopic (exact) mass is 674 g/mol. The lowest BCUT2D eigenvalue weighted by atomic mass is 10.0. The molecule has 0 bridgehead atoms. The number of nitrogens with one attached hydrogen (secondary N) is 1. The van der Waals surface area contributed by atoms with Crippen LogP contribution in [-0.4, -0.2) is 46.1 Å². The highest BCUT2D eigenvalue weighted by atomic mass is 16.3. The first-order valence-corrected chi connectivity index (χ1v) is 20.4. The van der Waals surface area contributed by atoms with Crippen LogP contribution in [0.15, 0.2) is 48.6 Å². The van der Waals surface area contributed by atoms with Crippen LogP contribution in [0.1, 0.15) is 194 Å². The molecule has 0 radical (unpaired) electrons. The lowest BCUT2D eigenvalue weighted by Gasteiger charge is -2.26. The van der Waals surface area contributed by atoms with E-state index >= 15 is 0 Å². The van der Waals surface area contributed by atoms with Gasteiger partial charge in [0, 0.05) is 6.42 Å². The van der Waals surface area contributed by atoms with E-state index in [-0.39, 0.29) is 12.5 Å². The molecule has 0 aliphatic carbocycles. The summed E-state index contributed by atoms with van der Waals surface area (Å²) in [4.78, 5) is 12.4. The highest BCUT2D eigenvalue weighted by Gasteiger charge is 2.26. The third kappa shape index (κ3) is 32.8. The Morgan fingerprint density at radius 2 is 0.917 bits per heavy atom. The van der Waals surface area contributed by atoms with Gasteiger partial charge in [0.15, 0.2) is 0 Å². The average Bonchev–Trinajstić information content (AvgIpc) is 3.09. The van der Waals surface area contributed by atoms with Crippen LogP contribution in [-0.2, 0) is 4.79 Å². The van der Waals surface area contributed by atoms with Gasteiger partial charge in [-0.2, -0.15) is 0 Å². The predicted octanol–water partition coefficient (Wildman–Crippen LogP) is 11.4. The molecule has 0 spiro atoms. The molecule has 0 rings (SSSR count). The molecule has 0 aromatic heterocycles. The first-order valence-electron chi connectivity index (χ1n) is 20.4. The molecule has 0 heterocycles. The number of rotatable bonds is 36. The first-order chi connectivity index (χ1) is 23.6. The number of hydrogen-bond donors (Lipinski definition) is 4. The van der Waals surface area contributed by atoms with Gasteiger partial charge in [0.05, 0.1) is 18.8 Å². The quantitative estimate of drug-likeness (QED) is 0.0303. The zero-order valence-electron chi connectivity index (χ0n) is 31.6. The third-order valence-electron chi connectivity index (χ3n) is 9.16. The lowest BCUT2D eigenvalue weighted by Crippen LogP contribution is -2.50. The van der Waals surface area contributed by atoms with Gasteiger partial charge in [-0.3, -0.25) is 4.79 Å². The molecule has 0 aromatic rings. The van der Waals surface area contributed by atoms with Gasteiger partial charge >= 0.3 is 0 Å². The molecule has 0 fully saturated rings. The number of hydrogen-bond acceptors (Lipinski definition) is 4. The second-order valence-corrected chi connectivity index (χ2v) is 13.8. The van der Waals surface area contributed by atoms with Gasteiger partial charge < -0.3 is 20.6 Å². The fourth-order valence-corrected chi connectivity index (χ4v) is 5.93. The Hall–Kier alpha value is -1.69. The maximum Gasteiger partial charge on any atom is 0.220 e.